The lowest BCUT2D eigenvalue weighted by Crippen LogP contribution is -2.16. The van der Waals surface area contributed by atoms with E-state index in [-0.39, 0.29) is 6.04 Å². The maximum Gasteiger partial charge on any atom is 0.0354 e. The largest absolute Gasteiger partial charge is 0.328 e. The van der Waals surface area contributed by atoms with Crippen molar-refractivity contribution in [1.82, 2.24) is 0 Å². The summed E-state index contributed by atoms with van der Waals surface area (Å²) in [6, 6.07) is 6.78. The Bertz CT molecular complexity index is 387. The van der Waals surface area contributed by atoms with Crippen molar-refractivity contribution in [3.63, 3.8) is 0 Å². The minimum Gasteiger partial charge on any atom is -0.328 e. The monoisotopic (exact) mass is 223 g/mol. The first-order valence-corrected chi connectivity index (χ1v) is 6.38. The minimum absolute atomic E-state index is 0.254. The highest BCUT2D eigenvalue weighted by molar-refractivity contribution is 7.16. The Labute approximate surface area is 92.2 Å². The van der Waals surface area contributed by atoms with Crippen molar-refractivity contribution in [2.45, 2.75) is 19.4 Å². The average molecular weight is 223 g/mol. The molecule has 0 aliphatic rings. The van der Waals surface area contributed by atoms with Gasteiger partial charge in [-0.15, -0.1) is 11.3 Å². The fraction of sp³-hybridized carbons (Fsp3) is 0.273. The van der Waals surface area contributed by atoms with Gasteiger partial charge in [0.2, 0.25) is 0 Å². The summed E-state index contributed by atoms with van der Waals surface area (Å²) in [5.74, 6) is 0. The van der Waals surface area contributed by atoms with Crippen LogP contribution >= 0.6 is 22.7 Å². The smallest absolute Gasteiger partial charge is 0.0354 e. The molecular weight excluding hydrogens is 210 g/mol. The molecule has 2 aromatic rings. The second-order valence-corrected chi connectivity index (χ2v) is 5.41. The number of hydrogen-bond acceptors (Lipinski definition) is 3. The van der Waals surface area contributed by atoms with E-state index in [0.29, 0.717) is 0 Å². The van der Waals surface area contributed by atoms with E-state index in [1.807, 2.05) is 18.3 Å². The Balaban J connectivity index is 2.18. The zero-order valence-electron chi connectivity index (χ0n) is 8.07. The molecule has 0 fully saturated rings. The van der Waals surface area contributed by atoms with Gasteiger partial charge in [-0.3, -0.25) is 0 Å². The van der Waals surface area contributed by atoms with Crippen molar-refractivity contribution in [2.24, 2.45) is 5.73 Å². The molecule has 0 bridgehead atoms. The van der Waals surface area contributed by atoms with Crippen LogP contribution in [0.15, 0.2) is 29.0 Å². The second-order valence-electron chi connectivity index (χ2n) is 3.46. The van der Waals surface area contributed by atoms with Gasteiger partial charge in [-0.05, 0) is 42.3 Å². The third-order valence-corrected chi connectivity index (χ3v) is 3.83. The Morgan fingerprint density at radius 3 is 2.86 bits per heavy atom. The van der Waals surface area contributed by atoms with Crippen molar-refractivity contribution in [3.8, 4) is 10.4 Å². The number of hydrogen-bond donors (Lipinski definition) is 1. The number of thiophene rings is 2. The molecular formula is C11H13NS2. The quantitative estimate of drug-likeness (QED) is 0.848. The molecule has 2 rings (SSSR count). The third kappa shape index (κ3) is 2.23. The Hall–Kier alpha value is -0.640. The summed E-state index contributed by atoms with van der Waals surface area (Å²) in [6.45, 7) is 2.05. The maximum atomic E-state index is 5.76. The van der Waals surface area contributed by atoms with Gasteiger partial charge in [0.1, 0.15) is 0 Å². The lowest BCUT2D eigenvalue weighted by molar-refractivity contribution is 0.746. The summed E-state index contributed by atoms with van der Waals surface area (Å²) in [5, 5.41) is 4.29. The predicted octanol–water partition coefficient (Wildman–Crippen LogP) is 3.37. The number of rotatable bonds is 3. The molecule has 0 saturated heterocycles. The molecule has 0 aliphatic heterocycles. The van der Waals surface area contributed by atoms with Gasteiger partial charge >= 0.3 is 0 Å². The molecule has 14 heavy (non-hydrogen) atoms. The average Bonchev–Trinajstić information content (AvgIpc) is 2.69. The Kier molecular flexibility index (Phi) is 3.01. The lowest BCUT2D eigenvalue weighted by atomic mass is 10.2. The fourth-order valence-corrected chi connectivity index (χ4v) is 3.24. The van der Waals surface area contributed by atoms with Crippen LogP contribution in [0.2, 0.25) is 0 Å². The topological polar surface area (TPSA) is 26.0 Å². The molecule has 0 saturated carbocycles. The first-order valence-electron chi connectivity index (χ1n) is 4.62. The van der Waals surface area contributed by atoms with Gasteiger partial charge in [0.25, 0.3) is 0 Å². The van der Waals surface area contributed by atoms with Gasteiger partial charge in [-0.1, -0.05) is 0 Å². The van der Waals surface area contributed by atoms with Crippen LogP contribution in [0.3, 0.4) is 0 Å². The molecule has 3 heteroatoms. The highest BCUT2D eigenvalue weighted by Crippen LogP contribution is 2.29. The van der Waals surface area contributed by atoms with Crippen LogP contribution in [0.4, 0.5) is 0 Å². The zero-order valence-corrected chi connectivity index (χ0v) is 9.70. The van der Waals surface area contributed by atoms with Gasteiger partial charge in [0.05, 0.1) is 0 Å². The van der Waals surface area contributed by atoms with Crippen LogP contribution in [-0.2, 0) is 6.42 Å². The summed E-state index contributed by atoms with van der Waals surface area (Å²) in [6.07, 6.45) is 0.981. The van der Waals surface area contributed by atoms with Crippen molar-refractivity contribution in [2.75, 3.05) is 0 Å². The molecule has 1 nitrogen and oxygen atoms in total. The van der Waals surface area contributed by atoms with Crippen LogP contribution in [-0.4, -0.2) is 6.04 Å². The molecule has 0 spiro atoms. The van der Waals surface area contributed by atoms with E-state index in [0.717, 1.165) is 6.42 Å². The molecule has 2 N–H and O–H groups in total. The standard InChI is InChI=1S/C11H13NS2/c1-8(12)6-10-2-3-11(14-10)9-4-5-13-7-9/h2-5,7-8H,6,12H2,1H3. The van der Waals surface area contributed by atoms with Crippen LogP contribution in [0.25, 0.3) is 10.4 Å². The van der Waals surface area contributed by atoms with Gasteiger partial charge in [-0.25, -0.2) is 0 Å². The maximum absolute atomic E-state index is 5.76. The second kappa shape index (κ2) is 4.26. The third-order valence-electron chi connectivity index (χ3n) is 1.99. The summed E-state index contributed by atoms with van der Waals surface area (Å²) >= 11 is 3.59. The molecule has 2 aromatic heterocycles. The first kappa shape index (κ1) is 9.90. The summed E-state index contributed by atoms with van der Waals surface area (Å²) in [5.41, 5.74) is 7.09. The summed E-state index contributed by atoms with van der Waals surface area (Å²) < 4.78 is 0. The van der Waals surface area contributed by atoms with Crippen molar-refractivity contribution in [3.05, 3.63) is 33.8 Å². The van der Waals surface area contributed by atoms with E-state index in [2.05, 4.69) is 29.0 Å². The molecule has 0 radical (unpaired) electrons. The lowest BCUT2D eigenvalue weighted by Gasteiger charge is -2.00. The number of nitrogens with two attached hydrogens (primary N) is 1. The SMILES string of the molecule is CC(N)Cc1ccc(-c2ccsc2)s1. The zero-order chi connectivity index (χ0) is 9.97. The molecule has 2 heterocycles. The van der Waals surface area contributed by atoms with E-state index in [9.17, 15) is 0 Å². The van der Waals surface area contributed by atoms with E-state index in [1.165, 1.54) is 15.3 Å². The normalized spacial score (nSPS) is 13.0. The minimum atomic E-state index is 0.254. The summed E-state index contributed by atoms with van der Waals surface area (Å²) in [4.78, 5) is 2.73. The Morgan fingerprint density at radius 1 is 1.36 bits per heavy atom. The molecule has 0 amide bonds. The van der Waals surface area contributed by atoms with Crippen molar-refractivity contribution < 1.29 is 0 Å². The molecule has 0 aromatic carbocycles. The van der Waals surface area contributed by atoms with Crippen molar-refractivity contribution in [1.29, 1.82) is 0 Å². The highest BCUT2D eigenvalue weighted by Gasteiger charge is 2.04. The van der Waals surface area contributed by atoms with Crippen LogP contribution in [0, 0.1) is 0 Å². The summed E-state index contributed by atoms with van der Waals surface area (Å²) in [7, 11) is 0. The van der Waals surface area contributed by atoms with Gasteiger partial charge < -0.3 is 5.73 Å². The fourth-order valence-electron chi connectivity index (χ4n) is 1.36. The van der Waals surface area contributed by atoms with E-state index in [4.69, 9.17) is 5.73 Å². The first-order chi connectivity index (χ1) is 6.75. The van der Waals surface area contributed by atoms with Gasteiger partial charge in [0.15, 0.2) is 0 Å². The van der Waals surface area contributed by atoms with Gasteiger partial charge in [0, 0.05) is 21.4 Å². The molecule has 74 valence electrons. The van der Waals surface area contributed by atoms with Crippen LogP contribution < -0.4 is 5.73 Å². The molecule has 1 atom stereocenters. The molecule has 1 unspecified atom stereocenters. The van der Waals surface area contributed by atoms with Crippen LogP contribution in [0.5, 0.6) is 0 Å². The van der Waals surface area contributed by atoms with Crippen LogP contribution in [0.1, 0.15) is 11.8 Å². The predicted molar refractivity (Wildman–Crippen MR) is 65.0 cm³/mol. The van der Waals surface area contributed by atoms with E-state index >= 15 is 0 Å². The van der Waals surface area contributed by atoms with Crippen molar-refractivity contribution >= 4 is 22.7 Å². The van der Waals surface area contributed by atoms with Gasteiger partial charge in [-0.2, -0.15) is 11.3 Å². The van der Waals surface area contributed by atoms with E-state index < -0.39 is 0 Å². The van der Waals surface area contributed by atoms with E-state index in [1.54, 1.807) is 11.3 Å². The Morgan fingerprint density at radius 2 is 2.21 bits per heavy atom. The molecule has 0 aliphatic carbocycles. The highest BCUT2D eigenvalue weighted by atomic mass is 32.1.